The van der Waals surface area contributed by atoms with E-state index in [1.807, 2.05) is 0 Å². The third kappa shape index (κ3) is 2.73. The SMILES string of the molecule is C#CCCC1(CCC#N)OCCO1. The summed E-state index contributed by atoms with van der Waals surface area (Å²) in [4.78, 5) is 0. The van der Waals surface area contributed by atoms with Gasteiger partial charge in [-0.25, -0.2) is 0 Å². The fraction of sp³-hybridized carbons (Fsp3) is 0.700. The minimum absolute atomic E-state index is 0.449. The summed E-state index contributed by atoms with van der Waals surface area (Å²) in [6.45, 7) is 1.21. The second kappa shape index (κ2) is 4.87. The molecule has 1 aliphatic rings. The Kier molecular flexibility index (Phi) is 3.76. The van der Waals surface area contributed by atoms with Crippen LogP contribution in [0, 0.1) is 23.7 Å². The lowest BCUT2D eigenvalue weighted by Crippen LogP contribution is -2.29. The molecule has 0 atom stereocenters. The van der Waals surface area contributed by atoms with Crippen molar-refractivity contribution >= 4 is 0 Å². The van der Waals surface area contributed by atoms with Gasteiger partial charge in [-0.1, -0.05) is 0 Å². The third-order valence-electron chi connectivity index (χ3n) is 2.08. The van der Waals surface area contributed by atoms with Gasteiger partial charge in [0.05, 0.1) is 19.3 Å². The standard InChI is InChI=1S/C10H13NO2/c1-2-3-5-10(6-4-7-11)12-8-9-13-10/h1H,3-6,8-9H2. The normalized spacial score (nSPS) is 19.2. The molecule has 0 aromatic rings. The molecule has 13 heavy (non-hydrogen) atoms. The fourth-order valence-electron chi connectivity index (χ4n) is 1.42. The second-order valence-electron chi connectivity index (χ2n) is 2.97. The van der Waals surface area contributed by atoms with Crippen LogP contribution in [0.1, 0.15) is 25.7 Å². The largest absolute Gasteiger partial charge is 0.347 e. The molecule has 1 heterocycles. The van der Waals surface area contributed by atoms with E-state index in [1.54, 1.807) is 0 Å². The quantitative estimate of drug-likeness (QED) is 0.613. The van der Waals surface area contributed by atoms with Crippen molar-refractivity contribution in [1.82, 2.24) is 0 Å². The highest BCUT2D eigenvalue weighted by atomic mass is 16.7. The Hall–Kier alpha value is -1.03. The maximum absolute atomic E-state index is 8.47. The Morgan fingerprint density at radius 1 is 1.23 bits per heavy atom. The monoisotopic (exact) mass is 179 g/mol. The summed E-state index contributed by atoms with van der Waals surface area (Å²) in [5.41, 5.74) is 0. The molecule has 0 N–H and O–H groups in total. The Labute approximate surface area is 78.6 Å². The van der Waals surface area contributed by atoms with Crippen molar-refractivity contribution in [2.24, 2.45) is 0 Å². The Bertz CT molecular complexity index is 210. The zero-order valence-corrected chi connectivity index (χ0v) is 7.58. The summed E-state index contributed by atoms with van der Waals surface area (Å²) in [5.74, 6) is 1.99. The number of terminal acetylenes is 1. The first-order chi connectivity index (χ1) is 6.33. The number of rotatable bonds is 4. The highest BCUT2D eigenvalue weighted by molar-refractivity contribution is 4.89. The van der Waals surface area contributed by atoms with E-state index < -0.39 is 5.79 Å². The molecular formula is C10H13NO2. The zero-order chi connectivity index (χ0) is 9.57. The molecule has 1 saturated heterocycles. The lowest BCUT2D eigenvalue weighted by molar-refractivity contribution is -0.164. The molecule has 0 aromatic carbocycles. The predicted octanol–water partition coefficient (Wildman–Crippen LogP) is 1.45. The molecule has 0 radical (unpaired) electrons. The van der Waals surface area contributed by atoms with Gasteiger partial charge in [-0.3, -0.25) is 0 Å². The van der Waals surface area contributed by atoms with E-state index in [2.05, 4.69) is 12.0 Å². The molecule has 70 valence electrons. The molecule has 3 heteroatoms. The first kappa shape index (κ1) is 10.1. The molecule has 0 spiro atoms. The zero-order valence-electron chi connectivity index (χ0n) is 7.58. The molecule has 1 aliphatic heterocycles. The van der Waals surface area contributed by atoms with Crippen molar-refractivity contribution in [3.63, 3.8) is 0 Å². The van der Waals surface area contributed by atoms with E-state index in [9.17, 15) is 0 Å². The maximum atomic E-state index is 8.47. The molecule has 0 saturated carbocycles. The highest BCUT2D eigenvalue weighted by Crippen LogP contribution is 2.29. The minimum atomic E-state index is -0.567. The van der Waals surface area contributed by atoms with E-state index >= 15 is 0 Å². The van der Waals surface area contributed by atoms with E-state index in [4.69, 9.17) is 21.2 Å². The Morgan fingerprint density at radius 2 is 1.85 bits per heavy atom. The van der Waals surface area contributed by atoms with Gasteiger partial charge in [-0.2, -0.15) is 5.26 Å². The van der Waals surface area contributed by atoms with Crippen molar-refractivity contribution < 1.29 is 9.47 Å². The average molecular weight is 179 g/mol. The smallest absolute Gasteiger partial charge is 0.170 e. The van der Waals surface area contributed by atoms with Crippen LogP contribution < -0.4 is 0 Å². The van der Waals surface area contributed by atoms with Crippen LogP contribution in [0.5, 0.6) is 0 Å². The van der Waals surface area contributed by atoms with Gasteiger partial charge in [0.2, 0.25) is 0 Å². The highest BCUT2D eigenvalue weighted by Gasteiger charge is 2.35. The van der Waals surface area contributed by atoms with Gasteiger partial charge >= 0.3 is 0 Å². The van der Waals surface area contributed by atoms with E-state index in [1.165, 1.54) is 0 Å². The summed E-state index contributed by atoms with van der Waals surface area (Å²) in [7, 11) is 0. The molecule has 0 bridgehead atoms. The van der Waals surface area contributed by atoms with Crippen molar-refractivity contribution in [2.75, 3.05) is 13.2 Å². The molecular weight excluding hydrogens is 166 g/mol. The van der Waals surface area contributed by atoms with Crippen LogP contribution in [0.4, 0.5) is 0 Å². The molecule has 0 aliphatic carbocycles. The van der Waals surface area contributed by atoms with Crippen molar-refractivity contribution in [2.45, 2.75) is 31.5 Å². The minimum Gasteiger partial charge on any atom is -0.347 e. The van der Waals surface area contributed by atoms with Crippen LogP contribution in [-0.2, 0) is 9.47 Å². The molecule has 1 rings (SSSR count). The lowest BCUT2D eigenvalue weighted by Gasteiger charge is -2.25. The average Bonchev–Trinajstić information content (AvgIpc) is 2.61. The van der Waals surface area contributed by atoms with E-state index in [0.717, 1.165) is 0 Å². The molecule has 0 amide bonds. The third-order valence-corrected chi connectivity index (χ3v) is 2.08. The van der Waals surface area contributed by atoms with Crippen LogP contribution in [0.3, 0.4) is 0 Å². The summed E-state index contributed by atoms with van der Waals surface area (Å²) in [6.07, 6.45) is 7.55. The van der Waals surface area contributed by atoms with Crippen LogP contribution in [0.15, 0.2) is 0 Å². The van der Waals surface area contributed by atoms with Gasteiger partial charge in [0.15, 0.2) is 5.79 Å². The van der Waals surface area contributed by atoms with Crippen LogP contribution in [0.25, 0.3) is 0 Å². The number of hydrogen-bond donors (Lipinski definition) is 0. The first-order valence-electron chi connectivity index (χ1n) is 4.41. The van der Waals surface area contributed by atoms with Gasteiger partial charge < -0.3 is 9.47 Å². The number of hydrogen-bond acceptors (Lipinski definition) is 3. The topological polar surface area (TPSA) is 42.2 Å². The molecule has 1 fully saturated rings. The van der Waals surface area contributed by atoms with Crippen LogP contribution in [-0.4, -0.2) is 19.0 Å². The van der Waals surface area contributed by atoms with Gasteiger partial charge in [0.1, 0.15) is 0 Å². The van der Waals surface area contributed by atoms with Gasteiger partial charge in [0.25, 0.3) is 0 Å². The summed E-state index contributed by atoms with van der Waals surface area (Å²) in [6, 6.07) is 2.08. The van der Waals surface area contributed by atoms with Gasteiger partial charge in [-0.15, -0.1) is 12.3 Å². The number of nitriles is 1. The van der Waals surface area contributed by atoms with Crippen molar-refractivity contribution in [3.05, 3.63) is 0 Å². The lowest BCUT2D eigenvalue weighted by atomic mass is 10.1. The first-order valence-corrected chi connectivity index (χ1v) is 4.41. The van der Waals surface area contributed by atoms with Gasteiger partial charge in [-0.05, 0) is 0 Å². The molecule has 3 nitrogen and oxygen atoms in total. The second-order valence-corrected chi connectivity index (χ2v) is 2.97. The Morgan fingerprint density at radius 3 is 2.38 bits per heavy atom. The maximum Gasteiger partial charge on any atom is 0.170 e. The predicted molar refractivity (Wildman–Crippen MR) is 47.5 cm³/mol. The Balaban J connectivity index is 2.44. The molecule has 0 unspecified atom stereocenters. The number of nitrogens with zero attached hydrogens (tertiary/aromatic N) is 1. The fourth-order valence-corrected chi connectivity index (χ4v) is 1.42. The summed E-state index contributed by atoms with van der Waals surface area (Å²) >= 11 is 0. The summed E-state index contributed by atoms with van der Waals surface area (Å²) < 4.78 is 11.0. The van der Waals surface area contributed by atoms with Crippen molar-refractivity contribution in [3.8, 4) is 18.4 Å². The summed E-state index contributed by atoms with van der Waals surface area (Å²) in [5, 5.41) is 8.47. The molecule has 0 aromatic heterocycles. The number of ether oxygens (including phenoxy) is 2. The van der Waals surface area contributed by atoms with Gasteiger partial charge in [0, 0.05) is 25.7 Å². The van der Waals surface area contributed by atoms with E-state index in [0.29, 0.717) is 38.9 Å². The van der Waals surface area contributed by atoms with Crippen molar-refractivity contribution in [1.29, 1.82) is 5.26 Å². The van der Waals surface area contributed by atoms with E-state index in [-0.39, 0.29) is 0 Å². The van der Waals surface area contributed by atoms with Crippen LogP contribution >= 0.6 is 0 Å². The van der Waals surface area contributed by atoms with Crippen LogP contribution in [0.2, 0.25) is 0 Å².